The third-order valence-corrected chi connectivity index (χ3v) is 3.32. The first-order valence-electron chi connectivity index (χ1n) is 6.69. The van der Waals surface area contributed by atoms with Crippen LogP contribution in [0.4, 0.5) is 10.1 Å². The van der Waals surface area contributed by atoms with Gasteiger partial charge in [-0.1, -0.05) is 23.7 Å². The highest BCUT2D eigenvalue weighted by atomic mass is 35.5. The molecule has 2 aromatic carbocycles. The lowest BCUT2D eigenvalue weighted by Crippen LogP contribution is -2.09. The summed E-state index contributed by atoms with van der Waals surface area (Å²) in [6.45, 7) is 0. The molecular weight excluding hydrogens is 321 g/mol. The van der Waals surface area contributed by atoms with Gasteiger partial charge in [-0.25, -0.2) is 4.39 Å². The maximum atomic E-state index is 12.8. The highest BCUT2D eigenvalue weighted by Crippen LogP contribution is 2.35. The van der Waals surface area contributed by atoms with Gasteiger partial charge in [0.1, 0.15) is 17.3 Å². The van der Waals surface area contributed by atoms with Crippen molar-refractivity contribution in [2.75, 3.05) is 19.5 Å². The number of amides is 1. The van der Waals surface area contributed by atoms with E-state index in [0.29, 0.717) is 27.8 Å². The Morgan fingerprint density at radius 2 is 1.78 bits per heavy atom. The number of ether oxygens (including phenoxy) is 2. The number of benzene rings is 2. The van der Waals surface area contributed by atoms with Crippen LogP contribution in [0.2, 0.25) is 5.02 Å². The van der Waals surface area contributed by atoms with Crippen molar-refractivity contribution in [2.45, 2.75) is 0 Å². The van der Waals surface area contributed by atoms with E-state index in [1.807, 2.05) is 0 Å². The van der Waals surface area contributed by atoms with E-state index in [9.17, 15) is 9.18 Å². The molecule has 0 saturated carbocycles. The van der Waals surface area contributed by atoms with Crippen molar-refractivity contribution >= 4 is 29.3 Å². The monoisotopic (exact) mass is 335 g/mol. The van der Waals surface area contributed by atoms with Gasteiger partial charge in [0, 0.05) is 18.2 Å². The number of carbonyl (C=O) groups excluding carboxylic acids is 1. The summed E-state index contributed by atoms with van der Waals surface area (Å²) in [7, 11) is 2.95. The van der Waals surface area contributed by atoms with E-state index in [0.717, 1.165) is 0 Å². The van der Waals surface area contributed by atoms with Crippen molar-refractivity contribution in [1.29, 1.82) is 0 Å². The molecule has 4 nitrogen and oxygen atoms in total. The van der Waals surface area contributed by atoms with Crippen LogP contribution in [0.1, 0.15) is 5.56 Å². The van der Waals surface area contributed by atoms with Crippen LogP contribution in [0.15, 0.2) is 42.5 Å². The van der Waals surface area contributed by atoms with Gasteiger partial charge >= 0.3 is 0 Å². The van der Waals surface area contributed by atoms with Crippen molar-refractivity contribution in [3.63, 3.8) is 0 Å². The van der Waals surface area contributed by atoms with Crippen LogP contribution < -0.4 is 14.8 Å². The molecule has 0 atom stereocenters. The van der Waals surface area contributed by atoms with Crippen LogP contribution in [0.25, 0.3) is 6.08 Å². The van der Waals surface area contributed by atoms with E-state index in [-0.39, 0.29) is 11.7 Å². The second kappa shape index (κ2) is 7.65. The quantitative estimate of drug-likeness (QED) is 0.835. The third kappa shape index (κ3) is 4.47. The predicted molar refractivity (Wildman–Crippen MR) is 88.6 cm³/mol. The molecule has 6 heteroatoms. The highest BCUT2D eigenvalue weighted by Gasteiger charge is 2.11. The zero-order valence-corrected chi connectivity index (χ0v) is 13.4. The Bertz CT molecular complexity index is 729. The van der Waals surface area contributed by atoms with Gasteiger partial charge in [0.05, 0.1) is 24.9 Å². The highest BCUT2D eigenvalue weighted by molar-refractivity contribution is 6.32. The largest absolute Gasteiger partial charge is 0.495 e. The minimum atomic E-state index is -0.364. The fourth-order valence-electron chi connectivity index (χ4n) is 1.88. The molecular formula is C17H15ClFNO3. The van der Waals surface area contributed by atoms with Gasteiger partial charge in [0.25, 0.3) is 0 Å². The first kappa shape index (κ1) is 16.8. The number of hydrogen-bond donors (Lipinski definition) is 1. The zero-order chi connectivity index (χ0) is 16.8. The molecule has 0 aliphatic heterocycles. The fourth-order valence-corrected chi connectivity index (χ4v) is 2.11. The zero-order valence-electron chi connectivity index (χ0n) is 12.6. The molecule has 0 aliphatic rings. The Hall–Kier alpha value is -2.53. The molecule has 120 valence electrons. The number of halogens is 2. The minimum absolute atomic E-state index is 0.329. The van der Waals surface area contributed by atoms with E-state index >= 15 is 0 Å². The van der Waals surface area contributed by atoms with E-state index in [4.69, 9.17) is 21.1 Å². The summed E-state index contributed by atoms with van der Waals surface area (Å²) in [6.07, 6.45) is 2.92. The van der Waals surface area contributed by atoms with Gasteiger partial charge in [-0.2, -0.15) is 0 Å². The van der Waals surface area contributed by atoms with Crippen molar-refractivity contribution in [2.24, 2.45) is 0 Å². The molecule has 0 aliphatic carbocycles. The topological polar surface area (TPSA) is 47.6 Å². The maximum Gasteiger partial charge on any atom is 0.248 e. The van der Waals surface area contributed by atoms with Gasteiger partial charge in [-0.3, -0.25) is 4.79 Å². The number of anilines is 1. The Morgan fingerprint density at radius 1 is 1.13 bits per heavy atom. The molecule has 0 bridgehead atoms. The lowest BCUT2D eigenvalue weighted by molar-refractivity contribution is -0.111. The van der Waals surface area contributed by atoms with Crippen LogP contribution >= 0.6 is 11.6 Å². The first-order valence-corrected chi connectivity index (χ1v) is 7.07. The third-order valence-electron chi connectivity index (χ3n) is 3.03. The van der Waals surface area contributed by atoms with E-state index in [1.165, 1.54) is 32.4 Å². The smallest absolute Gasteiger partial charge is 0.248 e. The van der Waals surface area contributed by atoms with E-state index < -0.39 is 0 Å². The predicted octanol–water partition coefficient (Wildman–Crippen LogP) is 4.15. The Balaban J connectivity index is 2.14. The number of hydrogen-bond acceptors (Lipinski definition) is 3. The summed E-state index contributed by atoms with van der Waals surface area (Å²) >= 11 is 6.01. The van der Waals surface area contributed by atoms with Crippen molar-refractivity contribution in [1.82, 2.24) is 0 Å². The average Bonchev–Trinajstić information content (AvgIpc) is 2.55. The number of carbonyl (C=O) groups is 1. The summed E-state index contributed by atoms with van der Waals surface area (Å²) in [5, 5.41) is 3.06. The molecule has 0 fully saturated rings. The summed E-state index contributed by atoms with van der Waals surface area (Å²) in [4.78, 5) is 12.0. The summed E-state index contributed by atoms with van der Waals surface area (Å²) in [5.41, 5.74) is 1.14. The lowest BCUT2D eigenvalue weighted by Gasteiger charge is -2.12. The Labute approximate surface area is 138 Å². The molecule has 1 N–H and O–H groups in total. The number of nitrogens with one attached hydrogen (secondary N) is 1. The molecule has 1 amide bonds. The lowest BCUT2D eigenvalue weighted by atomic mass is 10.2. The molecule has 0 radical (unpaired) electrons. The SMILES string of the molecule is COc1cc(NC(=O)C=Cc2ccc(F)cc2)c(OC)cc1Cl. The summed E-state index contributed by atoms with van der Waals surface area (Å²) in [6, 6.07) is 8.93. The van der Waals surface area contributed by atoms with Gasteiger partial charge in [-0.05, 0) is 23.8 Å². The molecule has 2 rings (SSSR count). The van der Waals surface area contributed by atoms with Gasteiger partial charge in [-0.15, -0.1) is 0 Å². The molecule has 0 saturated heterocycles. The summed E-state index contributed by atoms with van der Waals surface area (Å²) in [5.74, 6) is 0.145. The molecule has 23 heavy (non-hydrogen) atoms. The van der Waals surface area contributed by atoms with Gasteiger partial charge in [0.2, 0.25) is 5.91 Å². The maximum absolute atomic E-state index is 12.8. The van der Waals surface area contributed by atoms with Gasteiger partial charge in [0.15, 0.2) is 0 Å². The molecule has 0 unspecified atom stereocenters. The normalized spacial score (nSPS) is 10.6. The van der Waals surface area contributed by atoms with Crippen LogP contribution in [0.3, 0.4) is 0 Å². The molecule has 0 aromatic heterocycles. The number of methoxy groups -OCH3 is 2. The number of rotatable bonds is 5. The fraction of sp³-hybridized carbons (Fsp3) is 0.118. The van der Waals surface area contributed by atoms with Crippen LogP contribution in [0, 0.1) is 5.82 Å². The van der Waals surface area contributed by atoms with Crippen molar-refractivity contribution < 1.29 is 18.7 Å². The Kier molecular flexibility index (Phi) is 5.60. The van der Waals surface area contributed by atoms with E-state index in [1.54, 1.807) is 30.3 Å². The van der Waals surface area contributed by atoms with Crippen LogP contribution in [0.5, 0.6) is 11.5 Å². The second-order valence-corrected chi connectivity index (χ2v) is 4.97. The molecule has 0 spiro atoms. The molecule has 2 aromatic rings. The van der Waals surface area contributed by atoms with Crippen LogP contribution in [-0.2, 0) is 4.79 Å². The van der Waals surface area contributed by atoms with E-state index in [2.05, 4.69) is 5.32 Å². The standard InChI is InChI=1S/C17H15ClFNO3/c1-22-15-10-14(16(23-2)9-13(15)18)20-17(21)8-5-11-3-6-12(19)7-4-11/h3-10H,1-2H3,(H,20,21). The molecule has 0 heterocycles. The van der Waals surface area contributed by atoms with Gasteiger partial charge < -0.3 is 14.8 Å². The summed E-state index contributed by atoms with van der Waals surface area (Å²) < 4.78 is 23.1. The van der Waals surface area contributed by atoms with Crippen molar-refractivity contribution in [3.8, 4) is 11.5 Å². The Morgan fingerprint density at radius 3 is 2.39 bits per heavy atom. The van der Waals surface area contributed by atoms with Crippen LogP contribution in [-0.4, -0.2) is 20.1 Å². The minimum Gasteiger partial charge on any atom is -0.495 e. The average molecular weight is 336 g/mol. The van der Waals surface area contributed by atoms with Crippen molar-refractivity contribution in [3.05, 3.63) is 58.9 Å². The second-order valence-electron chi connectivity index (χ2n) is 4.56. The first-order chi connectivity index (χ1) is 11.0.